The molecule has 3 rings (SSSR count). The molecule has 0 spiro atoms. The van der Waals surface area contributed by atoms with E-state index in [4.69, 9.17) is 16.0 Å². The van der Waals surface area contributed by atoms with E-state index in [9.17, 15) is 4.39 Å². The van der Waals surface area contributed by atoms with Crippen molar-refractivity contribution >= 4 is 22.6 Å². The average Bonchev–Trinajstić information content (AvgIpc) is 2.86. The molecule has 0 amide bonds. The van der Waals surface area contributed by atoms with Crippen LogP contribution in [-0.4, -0.2) is 7.05 Å². The van der Waals surface area contributed by atoms with Crippen LogP contribution >= 0.6 is 11.6 Å². The highest BCUT2D eigenvalue weighted by atomic mass is 35.5. The molecular weight excluding hydrogens is 277 g/mol. The molecule has 2 aromatic carbocycles. The summed E-state index contributed by atoms with van der Waals surface area (Å²) < 4.78 is 19.7. The maximum atomic E-state index is 14.0. The van der Waals surface area contributed by atoms with E-state index >= 15 is 0 Å². The highest BCUT2D eigenvalue weighted by molar-refractivity contribution is 6.34. The number of furan rings is 1. The smallest absolute Gasteiger partial charge is 0.153 e. The predicted molar refractivity (Wildman–Crippen MR) is 79.4 cm³/mol. The maximum Gasteiger partial charge on any atom is 0.153 e. The Labute approximate surface area is 121 Å². The van der Waals surface area contributed by atoms with Gasteiger partial charge >= 0.3 is 0 Å². The van der Waals surface area contributed by atoms with Crippen molar-refractivity contribution in [2.75, 3.05) is 7.05 Å². The lowest BCUT2D eigenvalue weighted by Crippen LogP contribution is -2.05. The van der Waals surface area contributed by atoms with Gasteiger partial charge in [-0.2, -0.15) is 0 Å². The topological polar surface area (TPSA) is 25.2 Å². The number of benzene rings is 2. The Morgan fingerprint density at radius 3 is 2.80 bits per heavy atom. The van der Waals surface area contributed by atoms with Gasteiger partial charge in [-0.1, -0.05) is 29.8 Å². The summed E-state index contributed by atoms with van der Waals surface area (Å²) in [6, 6.07) is 12.3. The summed E-state index contributed by atoms with van der Waals surface area (Å²) in [6.07, 6.45) is 0. The number of fused-ring (bicyclic) bond motifs is 1. The van der Waals surface area contributed by atoms with Gasteiger partial charge in [0.2, 0.25) is 0 Å². The lowest BCUT2D eigenvalue weighted by atomic mass is 10.1. The summed E-state index contributed by atoms with van der Waals surface area (Å²) in [5, 5.41) is 4.44. The van der Waals surface area contributed by atoms with Crippen molar-refractivity contribution in [2.24, 2.45) is 0 Å². The highest BCUT2D eigenvalue weighted by Gasteiger charge is 2.13. The van der Waals surface area contributed by atoms with Crippen molar-refractivity contribution in [3.05, 3.63) is 58.9 Å². The zero-order chi connectivity index (χ0) is 14.1. The molecule has 1 aromatic heterocycles. The summed E-state index contributed by atoms with van der Waals surface area (Å²) in [5.41, 5.74) is 2.03. The third-order valence-electron chi connectivity index (χ3n) is 3.17. The Balaban J connectivity index is 2.14. The third-order valence-corrected chi connectivity index (χ3v) is 3.47. The van der Waals surface area contributed by atoms with Crippen LogP contribution in [-0.2, 0) is 6.54 Å². The molecule has 0 aliphatic heterocycles. The zero-order valence-electron chi connectivity index (χ0n) is 10.9. The molecule has 1 N–H and O–H groups in total. The number of hydrogen-bond donors (Lipinski definition) is 1. The van der Waals surface area contributed by atoms with Gasteiger partial charge in [0, 0.05) is 11.9 Å². The van der Waals surface area contributed by atoms with Crippen molar-refractivity contribution < 1.29 is 8.81 Å². The van der Waals surface area contributed by atoms with Gasteiger partial charge in [-0.3, -0.25) is 0 Å². The molecule has 4 heteroatoms. The van der Waals surface area contributed by atoms with Crippen LogP contribution in [0.2, 0.25) is 5.02 Å². The van der Waals surface area contributed by atoms with Gasteiger partial charge in [0.05, 0.1) is 10.6 Å². The second-order valence-corrected chi connectivity index (χ2v) is 5.02. The van der Waals surface area contributed by atoms with Crippen LogP contribution in [0.5, 0.6) is 0 Å². The first-order valence-corrected chi connectivity index (χ1v) is 6.68. The van der Waals surface area contributed by atoms with Gasteiger partial charge in [0.15, 0.2) is 5.58 Å². The molecule has 3 aromatic rings. The van der Waals surface area contributed by atoms with Gasteiger partial charge in [0.25, 0.3) is 0 Å². The molecule has 2 nitrogen and oxygen atoms in total. The fourth-order valence-corrected chi connectivity index (χ4v) is 2.46. The van der Waals surface area contributed by atoms with Crippen LogP contribution in [0.3, 0.4) is 0 Å². The molecule has 1 heterocycles. The third kappa shape index (κ3) is 2.30. The summed E-state index contributed by atoms with van der Waals surface area (Å²) in [6.45, 7) is 0.675. The summed E-state index contributed by atoms with van der Waals surface area (Å²) in [4.78, 5) is 0. The minimum absolute atomic E-state index is 0.306. The van der Waals surface area contributed by atoms with Gasteiger partial charge in [-0.25, -0.2) is 4.39 Å². The first-order valence-electron chi connectivity index (χ1n) is 6.30. The van der Waals surface area contributed by atoms with E-state index in [0.717, 1.165) is 10.9 Å². The molecule has 0 aliphatic carbocycles. The van der Waals surface area contributed by atoms with Gasteiger partial charge in [-0.05, 0) is 36.9 Å². The maximum absolute atomic E-state index is 14.0. The SMILES string of the molecule is CNCc1ccc(F)c(-c2cc3cccc(Cl)c3o2)c1. The lowest BCUT2D eigenvalue weighted by Gasteiger charge is -2.04. The number of rotatable bonds is 3. The number of hydrogen-bond acceptors (Lipinski definition) is 2. The Morgan fingerprint density at radius 1 is 1.20 bits per heavy atom. The van der Waals surface area contributed by atoms with E-state index in [1.54, 1.807) is 18.2 Å². The first kappa shape index (κ1) is 13.2. The second-order valence-electron chi connectivity index (χ2n) is 4.61. The Morgan fingerprint density at radius 2 is 2.05 bits per heavy atom. The first-order chi connectivity index (χ1) is 9.69. The van der Waals surface area contributed by atoms with Crippen molar-refractivity contribution in [2.45, 2.75) is 6.54 Å². The van der Waals surface area contributed by atoms with E-state index < -0.39 is 0 Å². The molecule has 0 saturated carbocycles. The fourth-order valence-electron chi connectivity index (χ4n) is 2.24. The monoisotopic (exact) mass is 289 g/mol. The van der Waals surface area contributed by atoms with Crippen LogP contribution in [0.15, 0.2) is 46.9 Å². The van der Waals surface area contributed by atoms with Gasteiger partial charge in [0.1, 0.15) is 11.6 Å². The molecule has 0 saturated heterocycles. The van der Waals surface area contributed by atoms with Crippen molar-refractivity contribution in [3.63, 3.8) is 0 Å². The molecule has 0 radical (unpaired) electrons. The van der Waals surface area contributed by atoms with E-state index in [-0.39, 0.29) is 5.82 Å². The van der Waals surface area contributed by atoms with Crippen LogP contribution in [0.4, 0.5) is 4.39 Å². The van der Waals surface area contributed by atoms with Crippen LogP contribution < -0.4 is 5.32 Å². The molecular formula is C16H13ClFNO. The van der Waals surface area contributed by atoms with Gasteiger partial charge < -0.3 is 9.73 Å². The predicted octanol–water partition coefficient (Wildman–Crippen LogP) is 4.61. The summed E-state index contributed by atoms with van der Waals surface area (Å²) in [5.74, 6) is 0.184. The molecule has 0 fully saturated rings. The van der Waals surface area contributed by atoms with Crippen LogP contribution in [0, 0.1) is 5.82 Å². The quantitative estimate of drug-likeness (QED) is 0.761. The van der Waals surface area contributed by atoms with Crippen LogP contribution in [0.25, 0.3) is 22.3 Å². The lowest BCUT2D eigenvalue weighted by molar-refractivity contribution is 0.600. The summed E-state index contributed by atoms with van der Waals surface area (Å²) in [7, 11) is 1.85. The van der Waals surface area contributed by atoms with Crippen molar-refractivity contribution in [3.8, 4) is 11.3 Å². The fraction of sp³-hybridized carbons (Fsp3) is 0.125. The average molecular weight is 290 g/mol. The summed E-state index contributed by atoms with van der Waals surface area (Å²) >= 11 is 6.08. The number of para-hydroxylation sites is 1. The molecule has 0 aliphatic rings. The van der Waals surface area contributed by atoms with Crippen molar-refractivity contribution in [1.29, 1.82) is 0 Å². The molecule has 20 heavy (non-hydrogen) atoms. The Hall–Kier alpha value is -1.84. The zero-order valence-corrected chi connectivity index (χ0v) is 11.7. The highest BCUT2D eigenvalue weighted by Crippen LogP contribution is 2.33. The van der Waals surface area contributed by atoms with E-state index in [1.807, 2.05) is 25.2 Å². The van der Waals surface area contributed by atoms with E-state index in [2.05, 4.69) is 5.32 Å². The molecule has 0 atom stereocenters. The standard InChI is InChI=1S/C16H13ClFNO/c1-19-9-10-5-6-14(18)12(7-10)15-8-11-3-2-4-13(17)16(11)20-15/h2-8,19H,9H2,1H3. The molecule has 0 unspecified atom stereocenters. The number of nitrogens with one attached hydrogen (secondary N) is 1. The molecule has 102 valence electrons. The van der Waals surface area contributed by atoms with E-state index in [1.165, 1.54) is 6.07 Å². The minimum atomic E-state index is -0.306. The normalized spacial score (nSPS) is 11.2. The minimum Gasteiger partial charge on any atom is -0.454 e. The Kier molecular flexibility index (Phi) is 3.47. The second kappa shape index (κ2) is 5.27. The number of halogens is 2. The largest absolute Gasteiger partial charge is 0.454 e. The van der Waals surface area contributed by atoms with E-state index in [0.29, 0.717) is 28.5 Å². The molecule has 0 bridgehead atoms. The Bertz CT molecular complexity index is 766. The van der Waals surface area contributed by atoms with Crippen molar-refractivity contribution in [1.82, 2.24) is 5.32 Å². The van der Waals surface area contributed by atoms with Crippen LogP contribution in [0.1, 0.15) is 5.56 Å². The van der Waals surface area contributed by atoms with Gasteiger partial charge in [-0.15, -0.1) is 0 Å².